The molecule has 1 aromatic heterocycles. The average Bonchev–Trinajstić information content (AvgIpc) is 2.71. The number of carboxylic acid groups (broad SMARTS) is 1. The first-order chi connectivity index (χ1) is 8.54. The van der Waals surface area contributed by atoms with Crippen molar-refractivity contribution in [3.8, 4) is 0 Å². The first-order valence-corrected chi connectivity index (χ1v) is 7.21. The van der Waals surface area contributed by atoms with E-state index >= 15 is 0 Å². The summed E-state index contributed by atoms with van der Waals surface area (Å²) in [6.07, 6.45) is 1.12. The molecule has 1 aromatic rings. The van der Waals surface area contributed by atoms with Gasteiger partial charge in [0, 0.05) is 9.35 Å². The number of carbonyl (C=O) groups excluding carboxylic acids is 1. The highest BCUT2D eigenvalue weighted by Gasteiger charge is 2.18. The molecular weight excluding hydrogens is 320 g/mol. The number of rotatable bonds is 6. The van der Waals surface area contributed by atoms with E-state index in [2.05, 4.69) is 26.6 Å². The van der Waals surface area contributed by atoms with Crippen molar-refractivity contribution in [1.82, 2.24) is 10.6 Å². The van der Waals surface area contributed by atoms with E-state index in [0.29, 0.717) is 19.4 Å². The number of hydrogen-bond acceptors (Lipinski definition) is 3. The molecule has 18 heavy (non-hydrogen) atoms. The molecule has 0 aliphatic carbocycles. The zero-order chi connectivity index (χ0) is 13.5. The Hall–Kier alpha value is -1.08. The highest BCUT2D eigenvalue weighted by Crippen LogP contribution is 2.21. The molecule has 0 spiro atoms. The van der Waals surface area contributed by atoms with E-state index < -0.39 is 18.0 Å². The smallest absolute Gasteiger partial charge is 0.326 e. The normalized spacial score (nSPS) is 11.9. The lowest BCUT2D eigenvalue weighted by Gasteiger charge is -2.14. The van der Waals surface area contributed by atoms with E-state index in [-0.39, 0.29) is 0 Å². The maximum atomic E-state index is 11.5. The Morgan fingerprint density at radius 1 is 1.56 bits per heavy atom. The van der Waals surface area contributed by atoms with Gasteiger partial charge in [-0.1, -0.05) is 13.3 Å². The molecule has 0 aliphatic heterocycles. The lowest BCUT2D eigenvalue weighted by molar-refractivity contribution is -0.139. The maximum absolute atomic E-state index is 11.5. The van der Waals surface area contributed by atoms with Crippen LogP contribution in [0.1, 0.15) is 24.6 Å². The van der Waals surface area contributed by atoms with Crippen molar-refractivity contribution in [3.63, 3.8) is 0 Å². The Morgan fingerprint density at radius 2 is 2.28 bits per heavy atom. The van der Waals surface area contributed by atoms with E-state index in [4.69, 9.17) is 5.11 Å². The molecule has 0 fully saturated rings. The second-order valence-electron chi connectivity index (χ2n) is 3.70. The number of carbonyl (C=O) groups is 2. The van der Waals surface area contributed by atoms with Crippen molar-refractivity contribution in [2.75, 3.05) is 0 Å². The number of halogens is 1. The fraction of sp³-hybridized carbons (Fsp3) is 0.455. The zero-order valence-electron chi connectivity index (χ0n) is 9.90. The number of nitrogens with one attached hydrogen (secondary N) is 2. The van der Waals surface area contributed by atoms with Crippen molar-refractivity contribution in [3.05, 3.63) is 20.8 Å². The molecule has 0 aliphatic rings. The summed E-state index contributed by atoms with van der Waals surface area (Å²) in [6, 6.07) is 0.606. The Balaban J connectivity index is 2.41. The van der Waals surface area contributed by atoms with Gasteiger partial charge in [0.25, 0.3) is 0 Å². The Labute approximate surface area is 118 Å². The molecule has 1 unspecified atom stereocenters. The van der Waals surface area contributed by atoms with Crippen LogP contribution in [-0.2, 0) is 11.3 Å². The summed E-state index contributed by atoms with van der Waals surface area (Å²) in [6.45, 7) is 2.25. The number of urea groups is 1. The zero-order valence-corrected chi connectivity index (χ0v) is 12.3. The van der Waals surface area contributed by atoms with Crippen LogP contribution in [0, 0.1) is 0 Å². The van der Waals surface area contributed by atoms with Gasteiger partial charge >= 0.3 is 12.0 Å². The van der Waals surface area contributed by atoms with Crippen molar-refractivity contribution < 1.29 is 14.7 Å². The van der Waals surface area contributed by atoms with Crippen molar-refractivity contribution in [2.45, 2.75) is 32.4 Å². The molecule has 1 heterocycles. The molecule has 1 atom stereocenters. The van der Waals surface area contributed by atoms with E-state index in [1.165, 1.54) is 11.3 Å². The fourth-order valence-corrected chi connectivity index (χ4v) is 2.80. The molecule has 100 valence electrons. The van der Waals surface area contributed by atoms with Crippen LogP contribution in [0.2, 0.25) is 0 Å². The largest absolute Gasteiger partial charge is 0.480 e. The molecule has 0 saturated heterocycles. The van der Waals surface area contributed by atoms with E-state index in [1.54, 1.807) is 0 Å². The number of hydrogen-bond donors (Lipinski definition) is 3. The van der Waals surface area contributed by atoms with Crippen molar-refractivity contribution in [2.24, 2.45) is 0 Å². The van der Waals surface area contributed by atoms with Crippen LogP contribution in [0.4, 0.5) is 4.79 Å². The minimum absolute atomic E-state index is 0.378. The van der Waals surface area contributed by atoms with Crippen LogP contribution >= 0.6 is 27.3 Å². The third-order valence-electron chi connectivity index (χ3n) is 2.28. The highest BCUT2D eigenvalue weighted by molar-refractivity contribution is 9.10. The third kappa shape index (κ3) is 4.66. The van der Waals surface area contributed by atoms with Crippen molar-refractivity contribution >= 4 is 39.3 Å². The quantitative estimate of drug-likeness (QED) is 0.748. The van der Waals surface area contributed by atoms with Gasteiger partial charge in [-0.15, -0.1) is 11.3 Å². The number of amides is 2. The summed E-state index contributed by atoms with van der Waals surface area (Å²) in [4.78, 5) is 23.4. The molecule has 3 N–H and O–H groups in total. The van der Waals surface area contributed by atoms with E-state index in [0.717, 1.165) is 9.35 Å². The van der Waals surface area contributed by atoms with Crippen LogP contribution in [0.3, 0.4) is 0 Å². The molecule has 2 amide bonds. The molecule has 0 bridgehead atoms. The van der Waals surface area contributed by atoms with Gasteiger partial charge in [0.05, 0.1) is 6.54 Å². The first-order valence-electron chi connectivity index (χ1n) is 5.53. The molecule has 0 aromatic carbocycles. The summed E-state index contributed by atoms with van der Waals surface area (Å²) in [5, 5.41) is 15.9. The standard InChI is InChI=1S/C11H15BrN2O3S/c1-2-3-8(10(15)16)14-11(17)13-6-9-7(12)4-5-18-9/h4-5,8H,2-3,6H2,1H3,(H,15,16)(H2,13,14,17). The van der Waals surface area contributed by atoms with Gasteiger partial charge < -0.3 is 15.7 Å². The summed E-state index contributed by atoms with van der Waals surface area (Å²) < 4.78 is 0.941. The number of carboxylic acids is 1. The minimum Gasteiger partial charge on any atom is -0.480 e. The molecule has 0 radical (unpaired) electrons. The Bertz CT molecular complexity index is 422. The summed E-state index contributed by atoms with van der Waals surface area (Å²) in [5.74, 6) is -1.01. The molecule has 7 heteroatoms. The Kier molecular flexibility index (Phi) is 6.14. The number of aliphatic carboxylic acids is 1. The van der Waals surface area contributed by atoms with Gasteiger partial charge in [-0.2, -0.15) is 0 Å². The van der Waals surface area contributed by atoms with Gasteiger partial charge in [-0.3, -0.25) is 0 Å². The van der Waals surface area contributed by atoms with Gasteiger partial charge in [-0.25, -0.2) is 9.59 Å². The first kappa shape index (κ1) is 15.0. The van der Waals surface area contributed by atoms with Crippen LogP contribution < -0.4 is 10.6 Å². The van der Waals surface area contributed by atoms with Gasteiger partial charge in [-0.05, 0) is 33.8 Å². The van der Waals surface area contributed by atoms with Crippen LogP contribution in [0.15, 0.2) is 15.9 Å². The van der Waals surface area contributed by atoms with Crippen LogP contribution in [0.25, 0.3) is 0 Å². The van der Waals surface area contributed by atoms with Crippen LogP contribution in [0.5, 0.6) is 0 Å². The molecular formula is C11H15BrN2O3S. The predicted molar refractivity (Wildman–Crippen MR) is 73.7 cm³/mol. The topological polar surface area (TPSA) is 78.4 Å². The summed E-state index contributed by atoms with van der Waals surface area (Å²) in [7, 11) is 0. The predicted octanol–water partition coefficient (Wildman–Crippen LogP) is 2.56. The highest BCUT2D eigenvalue weighted by atomic mass is 79.9. The second-order valence-corrected chi connectivity index (χ2v) is 5.55. The second kappa shape index (κ2) is 7.38. The average molecular weight is 335 g/mol. The summed E-state index contributed by atoms with van der Waals surface area (Å²) in [5.41, 5.74) is 0. The molecule has 0 saturated carbocycles. The fourth-order valence-electron chi connectivity index (χ4n) is 1.37. The minimum atomic E-state index is -1.01. The Morgan fingerprint density at radius 3 is 2.78 bits per heavy atom. The van der Waals surface area contributed by atoms with Gasteiger partial charge in [0.2, 0.25) is 0 Å². The molecule has 5 nitrogen and oxygen atoms in total. The van der Waals surface area contributed by atoms with Gasteiger partial charge in [0.1, 0.15) is 6.04 Å². The molecule has 1 rings (SSSR count). The van der Waals surface area contributed by atoms with Crippen molar-refractivity contribution in [1.29, 1.82) is 0 Å². The maximum Gasteiger partial charge on any atom is 0.326 e. The van der Waals surface area contributed by atoms with Gasteiger partial charge in [0.15, 0.2) is 0 Å². The van der Waals surface area contributed by atoms with E-state index in [9.17, 15) is 9.59 Å². The monoisotopic (exact) mass is 334 g/mol. The third-order valence-corrected chi connectivity index (χ3v) is 4.21. The van der Waals surface area contributed by atoms with E-state index in [1.807, 2.05) is 18.4 Å². The lowest BCUT2D eigenvalue weighted by Crippen LogP contribution is -2.45. The SMILES string of the molecule is CCCC(NC(=O)NCc1sccc1Br)C(=O)O. The van der Waals surface area contributed by atoms with Crippen LogP contribution in [-0.4, -0.2) is 23.1 Å². The number of thiophene rings is 1. The summed E-state index contributed by atoms with van der Waals surface area (Å²) >= 11 is 4.88. The lowest BCUT2D eigenvalue weighted by atomic mass is 10.2.